The molecule has 0 spiro atoms. The van der Waals surface area contributed by atoms with Crippen molar-refractivity contribution < 1.29 is 9.18 Å². The van der Waals surface area contributed by atoms with Crippen molar-refractivity contribution in [1.82, 2.24) is 0 Å². The number of hydrogen-bond acceptors (Lipinski definition) is 1. The van der Waals surface area contributed by atoms with Crippen molar-refractivity contribution >= 4 is 34.2 Å². The first-order valence-electron chi connectivity index (χ1n) is 5.44. The predicted molar refractivity (Wildman–Crippen MR) is 77.9 cm³/mol. The average Bonchev–Trinajstić information content (AvgIpc) is 2.35. The highest BCUT2D eigenvalue weighted by atomic mass is 127. The summed E-state index contributed by atoms with van der Waals surface area (Å²) in [5, 5.41) is 2.83. The zero-order valence-corrected chi connectivity index (χ0v) is 11.6. The van der Waals surface area contributed by atoms with E-state index in [9.17, 15) is 9.18 Å². The smallest absolute Gasteiger partial charge is 0.228 e. The molecule has 2 rings (SSSR count). The van der Waals surface area contributed by atoms with Gasteiger partial charge in [0, 0.05) is 3.57 Å². The summed E-state index contributed by atoms with van der Waals surface area (Å²) in [4.78, 5) is 11.8. The van der Waals surface area contributed by atoms with Crippen LogP contribution in [0.2, 0.25) is 0 Å². The molecule has 4 heteroatoms. The van der Waals surface area contributed by atoms with E-state index in [0.29, 0.717) is 0 Å². The van der Waals surface area contributed by atoms with E-state index in [0.717, 1.165) is 14.8 Å². The van der Waals surface area contributed by atoms with Gasteiger partial charge in [-0.1, -0.05) is 24.3 Å². The third-order valence-corrected chi connectivity index (χ3v) is 3.37. The summed E-state index contributed by atoms with van der Waals surface area (Å²) in [6, 6.07) is 13.5. The first-order valence-corrected chi connectivity index (χ1v) is 6.52. The Kier molecular flexibility index (Phi) is 4.30. The Bertz CT molecular complexity index is 554. The molecule has 0 saturated heterocycles. The predicted octanol–water partition coefficient (Wildman–Crippen LogP) is 3.61. The number of amides is 1. The minimum atomic E-state index is -0.295. The summed E-state index contributed by atoms with van der Waals surface area (Å²) in [6.45, 7) is 0. The number of rotatable bonds is 3. The first-order chi connectivity index (χ1) is 8.65. The topological polar surface area (TPSA) is 29.1 Å². The molecule has 1 amide bonds. The van der Waals surface area contributed by atoms with Gasteiger partial charge in [0.05, 0.1) is 12.1 Å². The number of anilines is 1. The lowest BCUT2D eigenvalue weighted by molar-refractivity contribution is -0.115. The second kappa shape index (κ2) is 5.95. The molecule has 0 unspecified atom stereocenters. The van der Waals surface area contributed by atoms with Gasteiger partial charge in [-0.2, -0.15) is 0 Å². The number of hydrogen-bond donors (Lipinski definition) is 1. The van der Waals surface area contributed by atoms with Crippen LogP contribution in [-0.4, -0.2) is 5.91 Å². The van der Waals surface area contributed by atoms with Crippen LogP contribution >= 0.6 is 22.6 Å². The van der Waals surface area contributed by atoms with Crippen LogP contribution in [0.1, 0.15) is 5.56 Å². The summed E-state index contributed by atoms with van der Waals surface area (Å²) >= 11 is 2.16. The molecule has 0 fully saturated rings. The maximum atomic E-state index is 12.7. The van der Waals surface area contributed by atoms with Gasteiger partial charge in [0.25, 0.3) is 0 Å². The highest BCUT2D eigenvalue weighted by Gasteiger charge is 2.06. The van der Waals surface area contributed by atoms with Crippen LogP contribution in [0.5, 0.6) is 0 Å². The Morgan fingerprint density at radius 2 is 1.78 bits per heavy atom. The van der Waals surface area contributed by atoms with E-state index in [1.807, 2.05) is 24.3 Å². The monoisotopic (exact) mass is 355 g/mol. The molecule has 92 valence electrons. The Hall–Kier alpha value is -1.43. The number of halogens is 2. The van der Waals surface area contributed by atoms with Crippen molar-refractivity contribution in [3.05, 3.63) is 63.5 Å². The molecule has 1 N–H and O–H groups in total. The third kappa shape index (κ3) is 3.53. The normalized spacial score (nSPS) is 10.1. The summed E-state index contributed by atoms with van der Waals surface area (Å²) in [7, 11) is 0. The van der Waals surface area contributed by atoms with Crippen LogP contribution < -0.4 is 5.32 Å². The van der Waals surface area contributed by atoms with Crippen LogP contribution in [0.15, 0.2) is 48.5 Å². The molecule has 0 radical (unpaired) electrons. The minimum absolute atomic E-state index is 0.106. The standard InChI is InChI=1S/C14H11FINO/c15-11-7-5-10(6-8-11)9-14(18)17-13-4-2-1-3-12(13)16/h1-8H,9H2,(H,17,18). The number of para-hydroxylation sites is 1. The van der Waals surface area contributed by atoms with E-state index in [1.165, 1.54) is 12.1 Å². The minimum Gasteiger partial charge on any atom is -0.325 e. The van der Waals surface area contributed by atoms with Crippen LogP contribution in [0, 0.1) is 9.39 Å². The fourth-order valence-corrected chi connectivity index (χ4v) is 2.07. The SMILES string of the molecule is O=C(Cc1ccc(F)cc1)Nc1ccccc1I. The molecule has 18 heavy (non-hydrogen) atoms. The molecular formula is C14H11FINO. The van der Waals surface area contributed by atoms with Gasteiger partial charge in [0.2, 0.25) is 5.91 Å². The molecule has 0 aliphatic carbocycles. The van der Waals surface area contributed by atoms with Crippen molar-refractivity contribution in [2.45, 2.75) is 6.42 Å². The lowest BCUT2D eigenvalue weighted by Gasteiger charge is -2.07. The van der Waals surface area contributed by atoms with Gasteiger partial charge in [-0.05, 0) is 52.4 Å². The average molecular weight is 355 g/mol. The molecule has 0 atom stereocenters. The molecule has 2 aromatic carbocycles. The highest BCUT2D eigenvalue weighted by molar-refractivity contribution is 14.1. The molecule has 2 aromatic rings. The maximum absolute atomic E-state index is 12.7. The Labute approximate surface area is 118 Å². The van der Waals surface area contributed by atoms with Gasteiger partial charge in [-0.15, -0.1) is 0 Å². The van der Waals surface area contributed by atoms with E-state index >= 15 is 0 Å². The van der Waals surface area contributed by atoms with E-state index in [2.05, 4.69) is 27.9 Å². The van der Waals surface area contributed by atoms with E-state index in [1.54, 1.807) is 12.1 Å². The van der Waals surface area contributed by atoms with E-state index in [4.69, 9.17) is 0 Å². The van der Waals surface area contributed by atoms with Crippen LogP contribution in [0.3, 0.4) is 0 Å². The van der Waals surface area contributed by atoms with Gasteiger partial charge < -0.3 is 5.32 Å². The molecule has 0 aromatic heterocycles. The zero-order valence-electron chi connectivity index (χ0n) is 9.49. The second-order valence-electron chi connectivity index (χ2n) is 3.83. The maximum Gasteiger partial charge on any atom is 0.228 e. The number of benzene rings is 2. The van der Waals surface area contributed by atoms with Crippen molar-refractivity contribution in [3.8, 4) is 0 Å². The largest absolute Gasteiger partial charge is 0.325 e. The van der Waals surface area contributed by atoms with Gasteiger partial charge in [0.15, 0.2) is 0 Å². The van der Waals surface area contributed by atoms with Crippen LogP contribution in [0.4, 0.5) is 10.1 Å². The second-order valence-corrected chi connectivity index (χ2v) is 4.99. The third-order valence-electron chi connectivity index (χ3n) is 2.43. The van der Waals surface area contributed by atoms with Crippen molar-refractivity contribution in [1.29, 1.82) is 0 Å². The lowest BCUT2D eigenvalue weighted by atomic mass is 10.1. The van der Waals surface area contributed by atoms with Gasteiger partial charge in [0.1, 0.15) is 5.82 Å². The molecule has 0 aliphatic heterocycles. The Morgan fingerprint density at radius 1 is 1.11 bits per heavy atom. The molecule has 0 heterocycles. The zero-order chi connectivity index (χ0) is 13.0. The quantitative estimate of drug-likeness (QED) is 0.838. The first kappa shape index (κ1) is 13.0. The van der Waals surface area contributed by atoms with Crippen molar-refractivity contribution in [2.24, 2.45) is 0 Å². The van der Waals surface area contributed by atoms with E-state index < -0.39 is 0 Å². The number of nitrogens with one attached hydrogen (secondary N) is 1. The van der Waals surface area contributed by atoms with Gasteiger partial charge in [-0.25, -0.2) is 4.39 Å². The molecule has 0 bridgehead atoms. The molecule has 0 aliphatic rings. The fraction of sp³-hybridized carbons (Fsp3) is 0.0714. The molecule has 0 saturated carbocycles. The van der Waals surface area contributed by atoms with Gasteiger partial charge in [-0.3, -0.25) is 4.79 Å². The summed E-state index contributed by atoms with van der Waals surface area (Å²) in [6.07, 6.45) is 0.241. The lowest BCUT2D eigenvalue weighted by Crippen LogP contribution is -2.15. The summed E-state index contributed by atoms with van der Waals surface area (Å²) in [5.41, 5.74) is 1.59. The Balaban J connectivity index is 2.01. The highest BCUT2D eigenvalue weighted by Crippen LogP contribution is 2.17. The van der Waals surface area contributed by atoms with Gasteiger partial charge >= 0.3 is 0 Å². The number of carbonyl (C=O) groups excluding carboxylic acids is 1. The molecular weight excluding hydrogens is 344 g/mol. The van der Waals surface area contributed by atoms with Crippen LogP contribution in [-0.2, 0) is 11.2 Å². The molecule has 2 nitrogen and oxygen atoms in total. The fourth-order valence-electron chi connectivity index (χ4n) is 1.54. The number of carbonyl (C=O) groups is 1. The van der Waals surface area contributed by atoms with Crippen LogP contribution in [0.25, 0.3) is 0 Å². The Morgan fingerprint density at radius 3 is 2.44 bits per heavy atom. The van der Waals surface area contributed by atoms with Crippen molar-refractivity contribution in [2.75, 3.05) is 5.32 Å². The van der Waals surface area contributed by atoms with Crippen molar-refractivity contribution in [3.63, 3.8) is 0 Å². The summed E-state index contributed by atoms with van der Waals surface area (Å²) in [5.74, 6) is -0.400. The van der Waals surface area contributed by atoms with E-state index in [-0.39, 0.29) is 18.1 Å². The summed E-state index contributed by atoms with van der Waals surface area (Å²) < 4.78 is 13.7.